The number of fused-ring (bicyclic) bond motifs is 1. The molecule has 11 heteroatoms. The molecule has 0 saturated heterocycles. The highest BCUT2D eigenvalue weighted by atomic mass is 35.5. The van der Waals surface area contributed by atoms with Crippen molar-refractivity contribution in [3.8, 4) is 11.5 Å². The van der Waals surface area contributed by atoms with E-state index in [9.17, 15) is 4.79 Å². The van der Waals surface area contributed by atoms with Crippen molar-refractivity contribution in [2.75, 3.05) is 17.7 Å². The summed E-state index contributed by atoms with van der Waals surface area (Å²) in [4.78, 5) is 17.9. The van der Waals surface area contributed by atoms with Crippen LogP contribution in [0.3, 0.4) is 0 Å². The van der Waals surface area contributed by atoms with Crippen LogP contribution < -0.4 is 14.8 Å². The molecule has 2 aromatic carbocycles. The number of carbonyl (C=O) groups excluding carboxylic acids is 1. The maximum atomic E-state index is 13.3. The van der Waals surface area contributed by atoms with Gasteiger partial charge in [-0.1, -0.05) is 54.0 Å². The Bertz CT molecular complexity index is 1360. The predicted molar refractivity (Wildman–Crippen MR) is 151 cm³/mol. The van der Waals surface area contributed by atoms with Crippen LogP contribution in [-0.2, 0) is 16.1 Å². The number of rotatable bonds is 10. The van der Waals surface area contributed by atoms with Gasteiger partial charge >= 0.3 is 5.97 Å². The predicted octanol–water partition coefficient (Wildman–Crippen LogP) is 6.92. The molecule has 0 saturated carbocycles. The number of allylic oxidation sites excluding steroid dienone is 1. The fourth-order valence-electron chi connectivity index (χ4n) is 4.05. The Hall–Kier alpha value is -2.88. The topological polar surface area (TPSA) is 87.5 Å². The second kappa shape index (κ2) is 12.3. The van der Waals surface area contributed by atoms with E-state index in [1.165, 1.54) is 11.8 Å². The van der Waals surface area contributed by atoms with Crippen molar-refractivity contribution in [1.29, 1.82) is 0 Å². The summed E-state index contributed by atoms with van der Waals surface area (Å²) in [6.07, 6.45) is -0.277. The summed E-state index contributed by atoms with van der Waals surface area (Å²) in [5, 5.41) is 9.62. The van der Waals surface area contributed by atoms with Crippen LogP contribution in [0.25, 0.3) is 0 Å². The van der Waals surface area contributed by atoms with E-state index in [0.29, 0.717) is 50.5 Å². The smallest absolute Gasteiger partial charge is 0.338 e. The first kappa shape index (κ1) is 28.1. The lowest BCUT2D eigenvalue weighted by molar-refractivity contribution is -0.143. The number of esters is 1. The molecule has 202 valence electrons. The van der Waals surface area contributed by atoms with E-state index in [1.807, 2.05) is 58.9 Å². The first-order valence-electron chi connectivity index (χ1n) is 12.3. The minimum Gasteiger partial charge on any atom is -0.490 e. The van der Waals surface area contributed by atoms with E-state index < -0.39 is 12.0 Å². The number of hydrogen-bond acceptors (Lipinski definition) is 8. The normalized spacial score (nSPS) is 14.8. The number of carbonyl (C=O) groups is 1. The molecule has 2 heterocycles. The summed E-state index contributed by atoms with van der Waals surface area (Å²) in [6, 6.07) is 10.3. The van der Waals surface area contributed by atoms with E-state index in [2.05, 4.69) is 10.3 Å². The highest BCUT2D eigenvalue weighted by Gasteiger charge is 2.36. The van der Waals surface area contributed by atoms with Crippen LogP contribution in [0.4, 0.5) is 5.95 Å². The number of halogens is 2. The third-order valence-electron chi connectivity index (χ3n) is 5.65. The van der Waals surface area contributed by atoms with Crippen molar-refractivity contribution >= 4 is 46.9 Å². The minimum atomic E-state index is -0.574. The largest absolute Gasteiger partial charge is 0.490 e. The van der Waals surface area contributed by atoms with Crippen LogP contribution in [-0.4, -0.2) is 39.2 Å². The zero-order chi connectivity index (χ0) is 27.4. The van der Waals surface area contributed by atoms with E-state index in [-0.39, 0.29) is 12.7 Å². The molecule has 8 nitrogen and oxygen atoms in total. The summed E-state index contributed by atoms with van der Waals surface area (Å²) < 4.78 is 19.4. The van der Waals surface area contributed by atoms with Crippen molar-refractivity contribution < 1.29 is 19.0 Å². The monoisotopic (exact) mass is 576 g/mol. The van der Waals surface area contributed by atoms with E-state index >= 15 is 0 Å². The van der Waals surface area contributed by atoms with E-state index in [0.717, 1.165) is 16.9 Å². The van der Waals surface area contributed by atoms with E-state index in [1.54, 1.807) is 16.8 Å². The Morgan fingerprint density at radius 2 is 1.92 bits per heavy atom. The molecule has 1 unspecified atom stereocenters. The number of nitrogens with one attached hydrogen (secondary N) is 1. The van der Waals surface area contributed by atoms with Gasteiger partial charge in [-0.2, -0.15) is 4.98 Å². The standard InChI is InChI=1S/C27H30Cl2N4O4S/c1-6-35-22-12-17(9-11-21(22)36-14-18-8-10-19(28)13-20(18)29)24-23(25(34)37-15(3)4)16(5)30-26-31-27(38-7-2)32-33(24)26/h8-13,15,24H,6-7,14H2,1-5H3,(H,30,31,32). The molecule has 0 spiro atoms. The van der Waals surface area contributed by atoms with Gasteiger partial charge in [-0.3, -0.25) is 0 Å². The summed E-state index contributed by atoms with van der Waals surface area (Å²) >= 11 is 13.9. The van der Waals surface area contributed by atoms with Crippen molar-refractivity contribution in [3.63, 3.8) is 0 Å². The minimum absolute atomic E-state index is 0.235. The van der Waals surface area contributed by atoms with Crippen molar-refractivity contribution in [1.82, 2.24) is 14.8 Å². The third kappa shape index (κ3) is 6.22. The Labute approximate surface area is 236 Å². The molecule has 1 N–H and O–H groups in total. The molecular formula is C27H30Cl2N4O4S. The molecule has 1 aliphatic heterocycles. The van der Waals surface area contributed by atoms with Gasteiger partial charge < -0.3 is 19.5 Å². The molecular weight excluding hydrogens is 547 g/mol. The van der Waals surface area contributed by atoms with Gasteiger partial charge in [-0.25, -0.2) is 9.48 Å². The zero-order valence-corrected chi connectivity index (χ0v) is 24.2. The molecule has 0 radical (unpaired) electrons. The van der Waals surface area contributed by atoms with Gasteiger partial charge in [0.1, 0.15) is 12.6 Å². The van der Waals surface area contributed by atoms with Crippen LogP contribution in [0.15, 0.2) is 52.8 Å². The zero-order valence-electron chi connectivity index (χ0n) is 21.9. The van der Waals surface area contributed by atoms with E-state index in [4.69, 9.17) is 42.5 Å². The number of ether oxygens (including phenoxy) is 3. The molecule has 1 aliphatic rings. The molecule has 38 heavy (non-hydrogen) atoms. The maximum Gasteiger partial charge on any atom is 0.338 e. The van der Waals surface area contributed by atoms with Gasteiger partial charge in [0.15, 0.2) is 11.5 Å². The van der Waals surface area contributed by atoms with Crippen LogP contribution in [0.2, 0.25) is 10.0 Å². The number of nitrogens with zero attached hydrogens (tertiary/aromatic N) is 3. The fraction of sp³-hybridized carbons (Fsp3) is 0.370. The molecule has 0 fully saturated rings. The van der Waals surface area contributed by atoms with Gasteiger partial charge in [0.25, 0.3) is 0 Å². The molecule has 1 aromatic heterocycles. The van der Waals surface area contributed by atoms with Crippen LogP contribution in [0, 0.1) is 0 Å². The number of benzene rings is 2. The summed E-state index contributed by atoms with van der Waals surface area (Å²) in [5.74, 6) is 2.04. The van der Waals surface area contributed by atoms with Crippen LogP contribution >= 0.6 is 35.0 Å². The summed E-state index contributed by atoms with van der Waals surface area (Å²) in [7, 11) is 0. The average molecular weight is 578 g/mol. The molecule has 3 aromatic rings. The van der Waals surface area contributed by atoms with Gasteiger partial charge in [0, 0.05) is 21.3 Å². The van der Waals surface area contributed by atoms with Crippen LogP contribution in [0.1, 0.15) is 51.8 Å². The van der Waals surface area contributed by atoms with Crippen molar-refractivity contribution in [2.45, 2.75) is 58.5 Å². The second-order valence-electron chi connectivity index (χ2n) is 8.78. The third-order valence-corrected chi connectivity index (χ3v) is 6.96. The second-order valence-corrected chi connectivity index (χ2v) is 10.9. The quantitative estimate of drug-likeness (QED) is 0.205. The molecule has 4 rings (SSSR count). The van der Waals surface area contributed by atoms with Gasteiger partial charge in [0.05, 0.1) is 18.3 Å². The first-order valence-corrected chi connectivity index (χ1v) is 14.1. The molecule has 1 atom stereocenters. The Balaban J connectivity index is 1.74. The fourth-order valence-corrected chi connectivity index (χ4v) is 5.07. The summed E-state index contributed by atoms with van der Waals surface area (Å²) in [5.41, 5.74) is 2.69. The number of aromatic nitrogens is 3. The number of anilines is 1. The first-order chi connectivity index (χ1) is 18.2. The molecule has 0 aliphatic carbocycles. The van der Waals surface area contributed by atoms with Gasteiger partial charge in [-0.05, 0) is 63.3 Å². The lowest BCUT2D eigenvalue weighted by Gasteiger charge is -2.29. The molecule has 0 bridgehead atoms. The highest BCUT2D eigenvalue weighted by molar-refractivity contribution is 7.99. The summed E-state index contributed by atoms with van der Waals surface area (Å²) in [6.45, 7) is 10.1. The lowest BCUT2D eigenvalue weighted by atomic mass is 9.95. The van der Waals surface area contributed by atoms with Crippen molar-refractivity contribution in [2.24, 2.45) is 0 Å². The van der Waals surface area contributed by atoms with Gasteiger partial charge in [-0.15, -0.1) is 5.10 Å². The maximum absolute atomic E-state index is 13.3. The number of hydrogen-bond donors (Lipinski definition) is 1. The Morgan fingerprint density at radius 1 is 1.13 bits per heavy atom. The number of thioether (sulfide) groups is 1. The highest BCUT2D eigenvalue weighted by Crippen LogP contribution is 2.40. The lowest BCUT2D eigenvalue weighted by Crippen LogP contribution is -2.30. The van der Waals surface area contributed by atoms with Crippen molar-refractivity contribution in [3.05, 3.63) is 68.8 Å². The SMILES string of the molecule is CCOc1cc(C2C(C(=O)OC(C)C)=C(C)Nc3nc(SCC)nn32)ccc1OCc1ccc(Cl)cc1Cl. The Morgan fingerprint density at radius 3 is 2.61 bits per heavy atom. The molecule has 0 amide bonds. The van der Waals surface area contributed by atoms with Crippen LogP contribution in [0.5, 0.6) is 11.5 Å². The average Bonchev–Trinajstić information content (AvgIpc) is 3.25. The Kier molecular flexibility index (Phi) is 9.12. The van der Waals surface area contributed by atoms with Gasteiger partial charge in [0.2, 0.25) is 11.1 Å².